The van der Waals surface area contributed by atoms with Crippen molar-refractivity contribution in [3.05, 3.63) is 70.3 Å². The minimum Gasteiger partial charge on any atom is -0.310 e. The van der Waals surface area contributed by atoms with E-state index in [1.165, 1.54) is 27.8 Å². The molecular weight excluding hydrogens is 254 g/mol. The summed E-state index contributed by atoms with van der Waals surface area (Å²) < 4.78 is 0. The lowest BCUT2D eigenvalue weighted by Gasteiger charge is -2.22. The van der Waals surface area contributed by atoms with E-state index in [0.717, 1.165) is 19.4 Å². The van der Waals surface area contributed by atoms with Crippen molar-refractivity contribution in [3.63, 3.8) is 0 Å². The first-order valence-electron chi connectivity index (χ1n) is 7.97. The van der Waals surface area contributed by atoms with Gasteiger partial charge in [-0.3, -0.25) is 0 Å². The van der Waals surface area contributed by atoms with Crippen molar-refractivity contribution in [3.8, 4) is 0 Å². The predicted molar refractivity (Wildman–Crippen MR) is 91.8 cm³/mol. The number of rotatable bonds is 6. The topological polar surface area (TPSA) is 12.0 Å². The Labute approximate surface area is 129 Å². The van der Waals surface area contributed by atoms with Gasteiger partial charge in [0, 0.05) is 6.04 Å². The third-order valence-electron chi connectivity index (χ3n) is 4.13. The summed E-state index contributed by atoms with van der Waals surface area (Å²) in [4.78, 5) is 0. The first-order valence-corrected chi connectivity index (χ1v) is 7.97. The molecular formula is C20H27N. The molecule has 0 aliphatic carbocycles. The summed E-state index contributed by atoms with van der Waals surface area (Å²) in [6.45, 7) is 9.87. The summed E-state index contributed by atoms with van der Waals surface area (Å²) in [6.07, 6.45) is 2.21. The van der Waals surface area contributed by atoms with Crippen molar-refractivity contribution < 1.29 is 0 Å². The van der Waals surface area contributed by atoms with Crippen LogP contribution in [-0.2, 0) is 6.42 Å². The Morgan fingerprint density at radius 3 is 2.38 bits per heavy atom. The van der Waals surface area contributed by atoms with Crippen molar-refractivity contribution in [1.82, 2.24) is 5.32 Å². The summed E-state index contributed by atoms with van der Waals surface area (Å²) in [5.41, 5.74) is 6.97. The maximum atomic E-state index is 3.72. The van der Waals surface area contributed by atoms with Crippen molar-refractivity contribution in [2.75, 3.05) is 6.54 Å². The van der Waals surface area contributed by atoms with Crippen molar-refractivity contribution >= 4 is 0 Å². The maximum absolute atomic E-state index is 3.72. The zero-order valence-electron chi connectivity index (χ0n) is 13.7. The maximum Gasteiger partial charge on any atom is 0.0363 e. The van der Waals surface area contributed by atoms with Crippen LogP contribution in [0, 0.1) is 20.8 Å². The fourth-order valence-corrected chi connectivity index (χ4v) is 2.89. The molecule has 1 nitrogen and oxygen atoms in total. The molecule has 2 aromatic rings. The predicted octanol–water partition coefficient (Wildman–Crippen LogP) is 4.90. The zero-order chi connectivity index (χ0) is 15.2. The van der Waals surface area contributed by atoms with Gasteiger partial charge in [0.15, 0.2) is 0 Å². The quantitative estimate of drug-likeness (QED) is 0.794. The molecule has 0 saturated carbocycles. The minimum atomic E-state index is 0.395. The number of aryl methyl sites for hydroxylation is 3. The van der Waals surface area contributed by atoms with Gasteiger partial charge in [0.05, 0.1) is 0 Å². The van der Waals surface area contributed by atoms with E-state index in [4.69, 9.17) is 0 Å². The fourth-order valence-electron chi connectivity index (χ4n) is 2.89. The summed E-state index contributed by atoms with van der Waals surface area (Å²) in [5.74, 6) is 0. The number of hydrogen-bond acceptors (Lipinski definition) is 1. The summed E-state index contributed by atoms with van der Waals surface area (Å²) >= 11 is 0. The molecule has 1 atom stereocenters. The molecule has 2 aromatic carbocycles. The van der Waals surface area contributed by atoms with E-state index in [2.05, 4.69) is 75.5 Å². The number of benzene rings is 2. The van der Waals surface area contributed by atoms with Crippen LogP contribution in [0.4, 0.5) is 0 Å². The van der Waals surface area contributed by atoms with Crippen molar-refractivity contribution in [2.24, 2.45) is 0 Å². The van der Waals surface area contributed by atoms with Gasteiger partial charge in [-0.15, -0.1) is 0 Å². The molecule has 0 radical (unpaired) electrons. The van der Waals surface area contributed by atoms with E-state index in [-0.39, 0.29) is 0 Å². The molecule has 0 spiro atoms. The zero-order valence-corrected chi connectivity index (χ0v) is 13.7. The molecule has 0 aliphatic rings. The van der Waals surface area contributed by atoms with E-state index in [1.54, 1.807) is 0 Å². The summed E-state index contributed by atoms with van der Waals surface area (Å²) in [6, 6.07) is 15.9. The molecule has 0 aromatic heterocycles. The highest BCUT2D eigenvalue weighted by molar-refractivity contribution is 5.35. The Balaban J connectivity index is 2.27. The highest BCUT2D eigenvalue weighted by Crippen LogP contribution is 2.24. The second-order valence-electron chi connectivity index (χ2n) is 6.00. The number of hydrogen-bond donors (Lipinski definition) is 1. The fraction of sp³-hybridized carbons (Fsp3) is 0.400. The van der Waals surface area contributed by atoms with Crippen LogP contribution in [0.15, 0.2) is 42.5 Å². The normalized spacial score (nSPS) is 12.4. The van der Waals surface area contributed by atoms with E-state index in [9.17, 15) is 0 Å². The monoisotopic (exact) mass is 281 g/mol. The first kappa shape index (κ1) is 15.8. The summed E-state index contributed by atoms with van der Waals surface area (Å²) in [5, 5.41) is 3.72. The lowest BCUT2D eigenvalue weighted by molar-refractivity contribution is 0.526. The van der Waals surface area contributed by atoms with Crippen molar-refractivity contribution in [1.29, 1.82) is 0 Å². The van der Waals surface area contributed by atoms with Gasteiger partial charge < -0.3 is 5.32 Å². The SMILES string of the molecule is CCCNC(Cc1ccccc1C)c1ccc(C)cc1C. The van der Waals surface area contributed by atoms with Crippen LogP contribution in [0.25, 0.3) is 0 Å². The molecule has 1 N–H and O–H groups in total. The van der Waals surface area contributed by atoms with E-state index in [0.29, 0.717) is 6.04 Å². The second-order valence-corrected chi connectivity index (χ2v) is 6.00. The van der Waals surface area contributed by atoms with Gasteiger partial charge in [0.1, 0.15) is 0 Å². The molecule has 0 fully saturated rings. The highest BCUT2D eigenvalue weighted by atomic mass is 14.9. The Morgan fingerprint density at radius 1 is 0.952 bits per heavy atom. The Morgan fingerprint density at radius 2 is 1.71 bits per heavy atom. The van der Waals surface area contributed by atoms with Gasteiger partial charge in [0.25, 0.3) is 0 Å². The van der Waals surface area contributed by atoms with Gasteiger partial charge in [-0.1, -0.05) is 55.0 Å². The van der Waals surface area contributed by atoms with Gasteiger partial charge in [-0.2, -0.15) is 0 Å². The van der Waals surface area contributed by atoms with Crippen LogP contribution in [0.3, 0.4) is 0 Å². The Kier molecular flexibility index (Phi) is 5.58. The standard InChI is InChI=1S/C20H27N/c1-5-12-21-20(14-18-9-7-6-8-16(18)3)19-11-10-15(2)13-17(19)4/h6-11,13,20-21H,5,12,14H2,1-4H3. The Bertz CT molecular complexity index is 586. The molecule has 0 saturated heterocycles. The van der Waals surface area contributed by atoms with Gasteiger partial charge in [-0.05, 0) is 62.4 Å². The number of nitrogens with one attached hydrogen (secondary N) is 1. The van der Waals surface area contributed by atoms with Crippen LogP contribution in [-0.4, -0.2) is 6.54 Å². The minimum absolute atomic E-state index is 0.395. The smallest absolute Gasteiger partial charge is 0.0363 e. The highest BCUT2D eigenvalue weighted by Gasteiger charge is 2.14. The Hall–Kier alpha value is -1.60. The molecule has 0 bridgehead atoms. The average molecular weight is 281 g/mol. The molecule has 0 aliphatic heterocycles. The molecule has 1 heteroatoms. The lowest BCUT2D eigenvalue weighted by atomic mass is 9.92. The molecule has 0 heterocycles. The summed E-state index contributed by atoms with van der Waals surface area (Å²) in [7, 11) is 0. The van der Waals surface area contributed by atoms with Crippen molar-refractivity contribution in [2.45, 2.75) is 46.6 Å². The van der Waals surface area contributed by atoms with E-state index < -0.39 is 0 Å². The first-order chi connectivity index (χ1) is 10.1. The second kappa shape index (κ2) is 7.42. The van der Waals surface area contributed by atoms with Gasteiger partial charge >= 0.3 is 0 Å². The van der Waals surface area contributed by atoms with Crippen LogP contribution in [0.1, 0.15) is 47.2 Å². The van der Waals surface area contributed by atoms with Crippen LogP contribution >= 0.6 is 0 Å². The molecule has 2 rings (SSSR count). The van der Waals surface area contributed by atoms with Gasteiger partial charge in [-0.25, -0.2) is 0 Å². The van der Waals surface area contributed by atoms with Crippen LogP contribution in [0.2, 0.25) is 0 Å². The third-order valence-corrected chi connectivity index (χ3v) is 4.13. The lowest BCUT2D eigenvalue weighted by Crippen LogP contribution is -2.25. The van der Waals surface area contributed by atoms with E-state index >= 15 is 0 Å². The average Bonchev–Trinajstić information content (AvgIpc) is 2.46. The molecule has 1 unspecified atom stereocenters. The largest absolute Gasteiger partial charge is 0.310 e. The molecule has 0 amide bonds. The van der Waals surface area contributed by atoms with Crippen LogP contribution in [0.5, 0.6) is 0 Å². The third kappa shape index (κ3) is 4.18. The van der Waals surface area contributed by atoms with Crippen LogP contribution < -0.4 is 5.32 Å². The van der Waals surface area contributed by atoms with E-state index in [1.807, 2.05) is 0 Å². The molecule has 21 heavy (non-hydrogen) atoms. The van der Waals surface area contributed by atoms with Gasteiger partial charge in [0.2, 0.25) is 0 Å². The molecule has 112 valence electrons.